The molecule has 27 heavy (non-hydrogen) atoms. The predicted molar refractivity (Wildman–Crippen MR) is 108 cm³/mol. The van der Waals surface area contributed by atoms with Crippen molar-refractivity contribution in [1.29, 1.82) is 0 Å². The van der Waals surface area contributed by atoms with Crippen molar-refractivity contribution in [2.75, 3.05) is 0 Å². The molecule has 0 spiro atoms. The molecule has 1 aromatic heterocycles. The number of nitrogens with one attached hydrogen (secondary N) is 1. The number of nitrogens with zero attached hydrogens (tertiary/aromatic N) is 2. The first-order chi connectivity index (χ1) is 13.0. The van der Waals surface area contributed by atoms with E-state index >= 15 is 0 Å². The summed E-state index contributed by atoms with van der Waals surface area (Å²) < 4.78 is 1.64. The van der Waals surface area contributed by atoms with Crippen molar-refractivity contribution in [1.82, 2.24) is 14.9 Å². The molecular formula is C22H25N3O2. The highest BCUT2D eigenvalue weighted by atomic mass is 16.2. The lowest BCUT2D eigenvalue weighted by Gasteiger charge is -2.15. The molecule has 0 saturated heterocycles. The molecule has 0 saturated carbocycles. The van der Waals surface area contributed by atoms with Gasteiger partial charge in [0.1, 0.15) is 5.69 Å². The average Bonchev–Trinajstić information content (AvgIpc) is 2.67. The Morgan fingerprint density at radius 2 is 1.81 bits per heavy atom. The Hall–Kier alpha value is -2.95. The zero-order valence-corrected chi connectivity index (χ0v) is 15.8. The van der Waals surface area contributed by atoms with E-state index in [0.29, 0.717) is 12.2 Å². The summed E-state index contributed by atoms with van der Waals surface area (Å²) in [6.45, 7) is 4.07. The Bertz CT molecular complexity index is 980. The van der Waals surface area contributed by atoms with E-state index in [1.807, 2.05) is 49.4 Å². The van der Waals surface area contributed by atoms with Gasteiger partial charge in [0.2, 0.25) is 5.91 Å². The number of carbonyl (C=O) groups excluding carboxylic acids is 1. The van der Waals surface area contributed by atoms with Crippen LogP contribution in [0.3, 0.4) is 0 Å². The molecule has 1 N–H and O–H groups in total. The van der Waals surface area contributed by atoms with Gasteiger partial charge in [0, 0.05) is 19.0 Å². The van der Waals surface area contributed by atoms with Gasteiger partial charge in [-0.1, -0.05) is 42.5 Å². The Kier molecular flexibility index (Phi) is 6.01. The second kappa shape index (κ2) is 8.62. The fraction of sp³-hybridized carbons (Fsp3) is 0.318. The summed E-state index contributed by atoms with van der Waals surface area (Å²) in [6.07, 6.45) is 2.08. The fourth-order valence-corrected chi connectivity index (χ4v) is 3.20. The van der Waals surface area contributed by atoms with Gasteiger partial charge in [-0.3, -0.25) is 9.59 Å². The van der Waals surface area contributed by atoms with E-state index < -0.39 is 0 Å². The highest BCUT2D eigenvalue weighted by Gasteiger charge is 2.11. The summed E-state index contributed by atoms with van der Waals surface area (Å²) >= 11 is 0. The van der Waals surface area contributed by atoms with Gasteiger partial charge < -0.3 is 9.88 Å². The van der Waals surface area contributed by atoms with Crippen LogP contribution in [0.1, 0.15) is 31.0 Å². The van der Waals surface area contributed by atoms with Crippen LogP contribution >= 0.6 is 0 Å². The lowest BCUT2D eigenvalue weighted by Crippen LogP contribution is -2.34. The molecule has 1 heterocycles. The minimum Gasteiger partial charge on any atom is -0.354 e. The van der Waals surface area contributed by atoms with E-state index in [1.165, 1.54) is 5.56 Å². The van der Waals surface area contributed by atoms with E-state index in [4.69, 9.17) is 0 Å². The fourth-order valence-electron chi connectivity index (χ4n) is 3.20. The summed E-state index contributed by atoms with van der Waals surface area (Å²) in [5, 5.41) is 3.03. The van der Waals surface area contributed by atoms with Gasteiger partial charge in [0.15, 0.2) is 0 Å². The molecule has 1 atom stereocenters. The van der Waals surface area contributed by atoms with Crippen LogP contribution in [0.4, 0.5) is 0 Å². The molecule has 0 radical (unpaired) electrons. The molecule has 2 aromatic carbocycles. The second-order valence-corrected chi connectivity index (χ2v) is 6.89. The van der Waals surface area contributed by atoms with Crippen LogP contribution < -0.4 is 10.9 Å². The van der Waals surface area contributed by atoms with Crippen molar-refractivity contribution in [3.8, 4) is 0 Å². The van der Waals surface area contributed by atoms with Crippen molar-refractivity contribution in [3.63, 3.8) is 0 Å². The number of fused-ring (bicyclic) bond motifs is 1. The monoisotopic (exact) mass is 363 g/mol. The summed E-state index contributed by atoms with van der Waals surface area (Å²) in [5.41, 5.74) is 3.11. The van der Waals surface area contributed by atoms with Crippen molar-refractivity contribution >= 4 is 16.9 Å². The molecular weight excluding hydrogens is 338 g/mol. The minimum atomic E-state index is -0.140. The number of carbonyl (C=O) groups is 1. The minimum absolute atomic E-state index is 0.0407. The number of benzene rings is 2. The van der Waals surface area contributed by atoms with Crippen molar-refractivity contribution < 1.29 is 4.79 Å². The SMILES string of the molecule is Cc1nc2ccccc2n(CCC(=O)N[C@@H](C)CCc2ccccc2)c1=O. The van der Waals surface area contributed by atoms with Crippen LogP contribution in [0.15, 0.2) is 59.4 Å². The maximum atomic E-state index is 12.4. The van der Waals surface area contributed by atoms with Crippen LogP contribution in [-0.2, 0) is 17.8 Å². The Morgan fingerprint density at radius 1 is 1.11 bits per heavy atom. The number of amides is 1. The van der Waals surface area contributed by atoms with Crippen LogP contribution in [0.25, 0.3) is 11.0 Å². The highest BCUT2D eigenvalue weighted by molar-refractivity contribution is 5.77. The van der Waals surface area contributed by atoms with E-state index in [-0.39, 0.29) is 23.9 Å². The van der Waals surface area contributed by atoms with Crippen LogP contribution in [0, 0.1) is 6.92 Å². The normalized spacial score (nSPS) is 12.1. The van der Waals surface area contributed by atoms with Crippen LogP contribution in [0.2, 0.25) is 0 Å². The molecule has 5 heteroatoms. The van der Waals surface area contributed by atoms with Crippen molar-refractivity contribution in [2.24, 2.45) is 0 Å². The summed E-state index contributed by atoms with van der Waals surface area (Å²) in [7, 11) is 0. The number of hydrogen-bond donors (Lipinski definition) is 1. The largest absolute Gasteiger partial charge is 0.354 e. The molecule has 0 fully saturated rings. The molecule has 0 unspecified atom stereocenters. The number of aryl methyl sites for hydroxylation is 3. The quantitative estimate of drug-likeness (QED) is 0.701. The van der Waals surface area contributed by atoms with Crippen molar-refractivity contribution in [3.05, 3.63) is 76.2 Å². The smallest absolute Gasteiger partial charge is 0.272 e. The molecule has 0 aliphatic carbocycles. The maximum Gasteiger partial charge on any atom is 0.272 e. The molecule has 3 rings (SSSR count). The molecule has 5 nitrogen and oxygen atoms in total. The maximum absolute atomic E-state index is 12.4. The average molecular weight is 363 g/mol. The first-order valence-electron chi connectivity index (χ1n) is 9.34. The molecule has 0 aliphatic rings. The Morgan fingerprint density at radius 3 is 2.59 bits per heavy atom. The van der Waals surface area contributed by atoms with Crippen molar-refractivity contribution in [2.45, 2.75) is 45.7 Å². The third-order valence-corrected chi connectivity index (χ3v) is 4.69. The summed E-state index contributed by atoms with van der Waals surface area (Å²) in [4.78, 5) is 29.1. The topological polar surface area (TPSA) is 64.0 Å². The van der Waals surface area contributed by atoms with E-state index in [9.17, 15) is 9.59 Å². The third kappa shape index (κ3) is 4.82. The van der Waals surface area contributed by atoms with E-state index in [2.05, 4.69) is 22.4 Å². The second-order valence-electron chi connectivity index (χ2n) is 6.89. The van der Waals surface area contributed by atoms with Crippen LogP contribution in [0.5, 0.6) is 0 Å². The standard InChI is InChI=1S/C22H25N3O2/c1-16(12-13-18-8-4-3-5-9-18)23-21(26)14-15-25-20-11-7-6-10-19(20)24-17(2)22(25)27/h3-11,16H,12-15H2,1-2H3,(H,23,26)/t16-/m0/s1. The summed E-state index contributed by atoms with van der Waals surface area (Å²) in [5.74, 6) is -0.0407. The molecule has 3 aromatic rings. The summed E-state index contributed by atoms with van der Waals surface area (Å²) in [6, 6.07) is 17.8. The van der Waals surface area contributed by atoms with E-state index in [0.717, 1.165) is 23.9 Å². The van der Waals surface area contributed by atoms with E-state index in [1.54, 1.807) is 11.5 Å². The Labute approximate surface area is 159 Å². The van der Waals surface area contributed by atoms with Gasteiger partial charge in [0.25, 0.3) is 5.56 Å². The first-order valence-corrected chi connectivity index (χ1v) is 9.34. The third-order valence-electron chi connectivity index (χ3n) is 4.69. The molecule has 1 amide bonds. The lowest BCUT2D eigenvalue weighted by atomic mass is 10.1. The van der Waals surface area contributed by atoms with Gasteiger partial charge >= 0.3 is 0 Å². The number of aromatic nitrogens is 2. The number of rotatable bonds is 7. The van der Waals surface area contributed by atoms with Crippen LogP contribution in [-0.4, -0.2) is 21.5 Å². The Balaban J connectivity index is 1.58. The lowest BCUT2D eigenvalue weighted by molar-refractivity contribution is -0.121. The predicted octanol–water partition coefficient (Wildman–Crippen LogP) is 3.23. The number of hydrogen-bond acceptors (Lipinski definition) is 3. The van der Waals surface area contributed by atoms with Gasteiger partial charge in [-0.2, -0.15) is 0 Å². The van der Waals surface area contributed by atoms with Gasteiger partial charge in [0.05, 0.1) is 11.0 Å². The highest BCUT2D eigenvalue weighted by Crippen LogP contribution is 2.10. The van der Waals surface area contributed by atoms with Gasteiger partial charge in [-0.25, -0.2) is 4.98 Å². The van der Waals surface area contributed by atoms with Gasteiger partial charge in [-0.15, -0.1) is 0 Å². The molecule has 0 bridgehead atoms. The first kappa shape index (κ1) is 18.8. The molecule has 140 valence electrons. The zero-order valence-electron chi connectivity index (χ0n) is 15.8. The zero-order chi connectivity index (χ0) is 19.2. The van der Waals surface area contributed by atoms with Gasteiger partial charge in [-0.05, 0) is 44.4 Å². The number of para-hydroxylation sites is 2. The molecule has 0 aliphatic heterocycles.